The second-order valence-corrected chi connectivity index (χ2v) is 5.78. The minimum atomic E-state index is 0.195. The third-order valence-corrected chi connectivity index (χ3v) is 3.79. The highest BCUT2D eigenvalue weighted by molar-refractivity contribution is 7.09. The van der Waals surface area contributed by atoms with Gasteiger partial charge in [-0.15, -0.1) is 11.3 Å². The van der Waals surface area contributed by atoms with Crippen LogP contribution in [-0.4, -0.2) is 24.7 Å². The Balaban J connectivity index is 2.11. The summed E-state index contributed by atoms with van der Waals surface area (Å²) in [5.74, 6) is 0. The van der Waals surface area contributed by atoms with Crippen molar-refractivity contribution in [2.24, 2.45) is 11.1 Å². The van der Waals surface area contributed by atoms with Gasteiger partial charge in [-0.3, -0.25) is 0 Å². The van der Waals surface area contributed by atoms with E-state index in [9.17, 15) is 0 Å². The average Bonchev–Trinajstić information content (AvgIpc) is 2.64. The largest absolute Gasteiger partial charge is 0.381 e. The molecule has 1 aromatic rings. The van der Waals surface area contributed by atoms with E-state index in [1.807, 2.05) is 12.4 Å². The highest BCUT2D eigenvalue weighted by Crippen LogP contribution is 2.18. The van der Waals surface area contributed by atoms with Gasteiger partial charge in [0.2, 0.25) is 0 Å². The molecule has 0 aliphatic carbocycles. The molecule has 0 unspecified atom stereocenters. The normalized spacial score (nSPS) is 12.0. The number of aryl methyl sites for hydroxylation is 1. The fourth-order valence-electron chi connectivity index (χ4n) is 1.28. The summed E-state index contributed by atoms with van der Waals surface area (Å²) in [6, 6.07) is 0. The van der Waals surface area contributed by atoms with Crippen molar-refractivity contribution >= 4 is 11.3 Å². The van der Waals surface area contributed by atoms with E-state index in [0.29, 0.717) is 6.54 Å². The zero-order valence-electron chi connectivity index (χ0n) is 10.5. The van der Waals surface area contributed by atoms with E-state index < -0.39 is 0 Å². The van der Waals surface area contributed by atoms with Crippen LogP contribution in [0.2, 0.25) is 0 Å². The van der Waals surface area contributed by atoms with Crippen LogP contribution < -0.4 is 5.73 Å². The van der Waals surface area contributed by atoms with Gasteiger partial charge < -0.3 is 10.5 Å². The van der Waals surface area contributed by atoms with Gasteiger partial charge in [0, 0.05) is 17.9 Å². The minimum absolute atomic E-state index is 0.195. The summed E-state index contributed by atoms with van der Waals surface area (Å²) in [5.41, 5.74) is 8.88. The molecule has 0 saturated heterocycles. The monoisotopic (exact) mass is 242 g/mol. The van der Waals surface area contributed by atoms with Gasteiger partial charge in [-0.1, -0.05) is 13.8 Å². The van der Waals surface area contributed by atoms with E-state index in [4.69, 9.17) is 10.5 Å². The SMILES string of the molecule is Cc1ncsc1CCOCCC(C)(C)CN. The molecule has 0 radical (unpaired) electrons. The molecular formula is C12H22N2OS. The predicted octanol–water partition coefficient (Wildman–Crippen LogP) is 2.39. The molecule has 0 aromatic carbocycles. The van der Waals surface area contributed by atoms with Crippen molar-refractivity contribution < 1.29 is 4.74 Å². The van der Waals surface area contributed by atoms with Gasteiger partial charge in [-0.2, -0.15) is 0 Å². The highest BCUT2D eigenvalue weighted by Gasteiger charge is 2.14. The molecule has 0 aliphatic rings. The van der Waals surface area contributed by atoms with Crippen LogP contribution in [0.1, 0.15) is 30.8 Å². The molecule has 0 bridgehead atoms. The molecule has 0 aliphatic heterocycles. The molecule has 1 aromatic heterocycles. The Morgan fingerprint density at radius 2 is 2.19 bits per heavy atom. The van der Waals surface area contributed by atoms with Gasteiger partial charge in [0.05, 0.1) is 17.8 Å². The van der Waals surface area contributed by atoms with Gasteiger partial charge in [0.1, 0.15) is 0 Å². The summed E-state index contributed by atoms with van der Waals surface area (Å²) in [4.78, 5) is 5.55. The van der Waals surface area contributed by atoms with Gasteiger partial charge in [0.25, 0.3) is 0 Å². The summed E-state index contributed by atoms with van der Waals surface area (Å²) in [5, 5.41) is 0. The Morgan fingerprint density at radius 3 is 2.75 bits per heavy atom. The van der Waals surface area contributed by atoms with Gasteiger partial charge in [-0.25, -0.2) is 4.98 Å². The van der Waals surface area contributed by atoms with E-state index in [-0.39, 0.29) is 5.41 Å². The number of thiazole rings is 1. The molecule has 3 nitrogen and oxygen atoms in total. The van der Waals surface area contributed by atoms with Crippen LogP contribution in [0.25, 0.3) is 0 Å². The number of hydrogen-bond acceptors (Lipinski definition) is 4. The van der Waals surface area contributed by atoms with Crippen LogP contribution in [0.5, 0.6) is 0 Å². The summed E-state index contributed by atoms with van der Waals surface area (Å²) in [6.45, 7) is 8.67. The van der Waals surface area contributed by atoms with Gasteiger partial charge in [0.15, 0.2) is 0 Å². The van der Waals surface area contributed by atoms with Crippen LogP contribution in [0.15, 0.2) is 5.51 Å². The lowest BCUT2D eigenvalue weighted by molar-refractivity contribution is 0.108. The molecule has 0 fully saturated rings. The first kappa shape index (κ1) is 13.6. The second kappa shape index (κ2) is 6.33. The maximum atomic E-state index is 5.66. The molecule has 16 heavy (non-hydrogen) atoms. The first-order valence-electron chi connectivity index (χ1n) is 5.72. The zero-order valence-corrected chi connectivity index (χ0v) is 11.3. The quantitative estimate of drug-likeness (QED) is 0.747. The Labute approximate surface area is 102 Å². The molecule has 1 rings (SSSR count). The van der Waals surface area contributed by atoms with Crippen molar-refractivity contribution in [1.82, 2.24) is 4.98 Å². The van der Waals surface area contributed by atoms with Crippen LogP contribution in [-0.2, 0) is 11.2 Å². The standard InChI is InChI=1S/C12H22N2OS/c1-10-11(16-9-14-10)4-6-15-7-5-12(2,3)8-13/h9H,4-8,13H2,1-3H3. The third kappa shape index (κ3) is 4.60. The molecule has 0 atom stereocenters. The number of rotatable bonds is 7. The molecule has 1 heterocycles. The van der Waals surface area contributed by atoms with E-state index >= 15 is 0 Å². The number of nitrogens with two attached hydrogens (primary N) is 1. The van der Waals surface area contributed by atoms with E-state index in [0.717, 1.165) is 31.7 Å². The molecule has 92 valence electrons. The van der Waals surface area contributed by atoms with E-state index in [1.165, 1.54) is 4.88 Å². The number of nitrogens with zero attached hydrogens (tertiary/aromatic N) is 1. The van der Waals surface area contributed by atoms with Crippen LogP contribution >= 0.6 is 11.3 Å². The summed E-state index contributed by atoms with van der Waals surface area (Å²) in [7, 11) is 0. The van der Waals surface area contributed by atoms with Gasteiger partial charge in [-0.05, 0) is 25.3 Å². The van der Waals surface area contributed by atoms with E-state index in [2.05, 4.69) is 18.8 Å². The van der Waals surface area contributed by atoms with Crippen LogP contribution in [0.3, 0.4) is 0 Å². The Morgan fingerprint density at radius 1 is 1.44 bits per heavy atom. The summed E-state index contributed by atoms with van der Waals surface area (Å²) >= 11 is 1.71. The molecule has 0 spiro atoms. The smallest absolute Gasteiger partial charge is 0.0797 e. The number of aromatic nitrogens is 1. The lowest BCUT2D eigenvalue weighted by atomic mass is 9.90. The van der Waals surface area contributed by atoms with Crippen molar-refractivity contribution in [1.29, 1.82) is 0 Å². The topological polar surface area (TPSA) is 48.1 Å². The maximum Gasteiger partial charge on any atom is 0.0797 e. The van der Waals surface area contributed by atoms with E-state index in [1.54, 1.807) is 11.3 Å². The van der Waals surface area contributed by atoms with Crippen molar-refractivity contribution in [2.75, 3.05) is 19.8 Å². The molecule has 0 saturated carbocycles. The lowest BCUT2D eigenvalue weighted by Gasteiger charge is -2.21. The second-order valence-electron chi connectivity index (χ2n) is 4.84. The molecule has 4 heteroatoms. The fraction of sp³-hybridized carbons (Fsp3) is 0.750. The first-order valence-corrected chi connectivity index (χ1v) is 6.60. The zero-order chi connectivity index (χ0) is 12.0. The van der Waals surface area contributed by atoms with Crippen LogP contribution in [0, 0.1) is 12.3 Å². The maximum absolute atomic E-state index is 5.66. The average molecular weight is 242 g/mol. The third-order valence-electron chi connectivity index (χ3n) is 2.79. The van der Waals surface area contributed by atoms with Gasteiger partial charge >= 0.3 is 0 Å². The number of ether oxygens (including phenoxy) is 1. The summed E-state index contributed by atoms with van der Waals surface area (Å²) < 4.78 is 5.62. The van der Waals surface area contributed by atoms with Crippen LogP contribution in [0.4, 0.5) is 0 Å². The van der Waals surface area contributed by atoms with Crippen molar-refractivity contribution in [3.05, 3.63) is 16.1 Å². The minimum Gasteiger partial charge on any atom is -0.381 e. The fourth-order valence-corrected chi connectivity index (χ4v) is 2.05. The summed E-state index contributed by atoms with van der Waals surface area (Å²) in [6.07, 6.45) is 1.99. The molecule has 2 N–H and O–H groups in total. The molecule has 0 amide bonds. The predicted molar refractivity (Wildman–Crippen MR) is 68.8 cm³/mol. The highest BCUT2D eigenvalue weighted by atomic mass is 32.1. The van der Waals surface area contributed by atoms with Crippen molar-refractivity contribution in [3.63, 3.8) is 0 Å². The lowest BCUT2D eigenvalue weighted by Crippen LogP contribution is -2.25. The Bertz CT molecular complexity index is 310. The number of hydrogen-bond donors (Lipinski definition) is 1. The van der Waals surface area contributed by atoms with Crippen molar-refractivity contribution in [2.45, 2.75) is 33.6 Å². The first-order chi connectivity index (χ1) is 7.55. The van der Waals surface area contributed by atoms with Crippen molar-refractivity contribution in [3.8, 4) is 0 Å². The Kier molecular flexibility index (Phi) is 5.38. The molecular weight excluding hydrogens is 220 g/mol. The Hall–Kier alpha value is -0.450.